The van der Waals surface area contributed by atoms with Gasteiger partial charge in [-0.1, -0.05) is 0 Å². The number of fused-ring (bicyclic) bond motifs is 1. The summed E-state index contributed by atoms with van der Waals surface area (Å²) in [5, 5.41) is 5.90. The molecule has 1 fully saturated rings. The van der Waals surface area contributed by atoms with Crippen LogP contribution >= 0.6 is 0 Å². The lowest BCUT2D eigenvalue weighted by Crippen LogP contribution is -2.55. The van der Waals surface area contributed by atoms with Crippen LogP contribution in [0.2, 0.25) is 0 Å². The lowest BCUT2D eigenvalue weighted by Gasteiger charge is -2.36. The van der Waals surface area contributed by atoms with Crippen LogP contribution in [-0.2, 0) is 0 Å². The van der Waals surface area contributed by atoms with Crippen molar-refractivity contribution in [3.05, 3.63) is 42.5 Å². The number of aromatic nitrogens is 4. The number of nitrogens with zero attached hydrogens (tertiary/aromatic N) is 4. The van der Waals surface area contributed by atoms with Crippen molar-refractivity contribution in [1.82, 2.24) is 19.9 Å². The SMILES string of the molecule is NC(=O)c1ncc(NC2CCCC(F)(F)C2N)nc1Nc1ccc2nccnc2c1. The van der Waals surface area contributed by atoms with E-state index in [9.17, 15) is 13.6 Å². The molecule has 2 unspecified atom stereocenters. The van der Waals surface area contributed by atoms with Gasteiger partial charge in [-0.2, -0.15) is 0 Å². The van der Waals surface area contributed by atoms with Crippen molar-refractivity contribution in [2.75, 3.05) is 10.6 Å². The third-order valence-corrected chi connectivity index (χ3v) is 5.02. The molecule has 1 aliphatic rings. The molecule has 0 bridgehead atoms. The average Bonchev–Trinajstić information content (AvgIpc) is 2.71. The molecule has 2 aromatic heterocycles. The van der Waals surface area contributed by atoms with Gasteiger partial charge >= 0.3 is 0 Å². The Morgan fingerprint density at radius 1 is 1.17 bits per heavy atom. The first-order valence-corrected chi connectivity index (χ1v) is 9.38. The largest absolute Gasteiger partial charge is 0.364 e. The monoisotopic (exact) mass is 414 g/mol. The number of carbonyl (C=O) groups is 1. The van der Waals surface area contributed by atoms with Crippen LogP contribution in [-0.4, -0.2) is 43.8 Å². The lowest BCUT2D eigenvalue weighted by molar-refractivity contribution is -0.0554. The second-order valence-electron chi connectivity index (χ2n) is 7.13. The third kappa shape index (κ3) is 3.96. The maximum absolute atomic E-state index is 13.9. The van der Waals surface area contributed by atoms with Gasteiger partial charge < -0.3 is 22.1 Å². The second-order valence-corrected chi connectivity index (χ2v) is 7.13. The summed E-state index contributed by atoms with van der Waals surface area (Å²) < 4.78 is 27.9. The summed E-state index contributed by atoms with van der Waals surface area (Å²) in [6, 6.07) is 3.20. The number of hydrogen-bond acceptors (Lipinski definition) is 8. The highest BCUT2D eigenvalue weighted by molar-refractivity contribution is 5.96. The minimum atomic E-state index is -2.95. The predicted octanol–water partition coefficient (Wildman–Crippen LogP) is 2.19. The fourth-order valence-electron chi connectivity index (χ4n) is 3.45. The Morgan fingerprint density at radius 2 is 1.93 bits per heavy atom. The number of halogens is 2. The number of nitrogens with two attached hydrogens (primary N) is 2. The van der Waals surface area contributed by atoms with Crippen LogP contribution in [0.4, 0.5) is 26.1 Å². The Kier molecular flexibility index (Phi) is 5.12. The van der Waals surface area contributed by atoms with Crippen molar-refractivity contribution < 1.29 is 13.6 Å². The van der Waals surface area contributed by atoms with Gasteiger partial charge in [-0.3, -0.25) is 14.8 Å². The van der Waals surface area contributed by atoms with Crippen LogP contribution in [0.25, 0.3) is 11.0 Å². The van der Waals surface area contributed by atoms with Gasteiger partial charge in [0.2, 0.25) is 0 Å². The molecule has 1 aromatic carbocycles. The zero-order valence-electron chi connectivity index (χ0n) is 15.8. The number of rotatable bonds is 5. The zero-order chi connectivity index (χ0) is 21.3. The minimum absolute atomic E-state index is 0.0851. The first kappa shape index (κ1) is 19.8. The molecule has 3 aromatic rings. The number of nitrogens with one attached hydrogen (secondary N) is 2. The van der Waals surface area contributed by atoms with E-state index in [-0.39, 0.29) is 23.8 Å². The summed E-state index contributed by atoms with van der Waals surface area (Å²) in [6.45, 7) is 0. The number of carbonyl (C=O) groups excluding carboxylic acids is 1. The van der Waals surface area contributed by atoms with Crippen molar-refractivity contribution in [2.24, 2.45) is 11.5 Å². The van der Waals surface area contributed by atoms with Crippen LogP contribution in [0.1, 0.15) is 29.8 Å². The molecule has 1 aliphatic carbocycles. The number of amides is 1. The van der Waals surface area contributed by atoms with Crippen molar-refractivity contribution in [3.63, 3.8) is 0 Å². The van der Waals surface area contributed by atoms with E-state index >= 15 is 0 Å². The van der Waals surface area contributed by atoms with Crippen LogP contribution in [0.3, 0.4) is 0 Å². The van der Waals surface area contributed by atoms with E-state index in [0.717, 1.165) is 0 Å². The molecule has 0 saturated heterocycles. The molecule has 2 heterocycles. The first-order valence-electron chi connectivity index (χ1n) is 9.38. The molecule has 11 heteroatoms. The topological polar surface area (TPSA) is 145 Å². The Bertz CT molecular complexity index is 1090. The van der Waals surface area contributed by atoms with Crippen LogP contribution < -0.4 is 22.1 Å². The molecule has 0 radical (unpaired) electrons. The van der Waals surface area contributed by atoms with Crippen LogP contribution in [0, 0.1) is 0 Å². The van der Waals surface area contributed by atoms with Crippen molar-refractivity contribution in [3.8, 4) is 0 Å². The molecular formula is C19H20F2N8O. The van der Waals surface area contributed by atoms with Crippen molar-refractivity contribution in [1.29, 1.82) is 0 Å². The van der Waals surface area contributed by atoms with Crippen LogP contribution in [0.5, 0.6) is 0 Å². The summed E-state index contributed by atoms with van der Waals surface area (Å²) in [7, 11) is 0. The molecule has 4 rings (SSSR count). The molecule has 156 valence electrons. The average molecular weight is 414 g/mol. The Labute approximate surface area is 170 Å². The van der Waals surface area contributed by atoms with Gasteiger partial charge in [-0.25, -0.2) is 18.7 Å². The van der Waals surface area contributed by atoms with E-state index < -0.39 is 23.9 Å². The van der Waals surface area contributed by atoms with Crippen molar-refractivity contribution >= 4 is 34.3 Å². The van der Waals surface area contributed by atoms with Crippen molar-refractivity contribution in [2.45, 2.75) is 37.3 Å². The summed E-state index contributed by atoms with van der Waals surface area (Å²) in [5.41, 5.74) is 13.0. The molecular weight excluding hydrogens is 394 g/mol. The molecule has 2 atom stereocenters. The van der Waals surface area contributed by atoms with E-state index in [1.165, 1.54) is 6.20 Å². The Balaban J connectivity index is 1.62. The van der Waals surface area contributed by atoms with Crippen LogP contribution in [0.15, 0.2) is 36.8 Å². The fraction of sp³-hybridized carbons (Fsp3) is 0.316. The summed E-state index contributed by atoms with van der Waals surface area (Å²) >= 11 is 0. The summed E-state index contributed by atoms with van der Waals surface area (Å²) in [6.07, 6.45) is 5.00. The van der Waals surface area contributed by atoms with E-state index in [1.807, 2.05) is 0 Å². The molecule has 1 amide bonds. The first-order chi connectivity index (χ1) is 14.3. The number of alkyl halides is 2. The van der Waals surface area contributed by atoms with E-state index in [2.05, 4.69) is 30.6 Å². The quantitative estimate of drug-likeness (QED) is 0.497. The Hall–Kier alpha value is -3.47. The van der Waals surface area contributed by atoms with Gasteiger partial charge in [0.1, 0.15) is 5.82 Å². The summed E-state index contributed by atoms with van der Waals surface area (Å²) in [4.78, 5) is 28.6. The van der Waals surface area contributed by atoms with Gasteiger partial charge in [0.25, 0.3) is 11.8 Å². The van der Waals surface area contributed by atoms with Gasteiger partial charge in [0.15, 0.2) is 11.5 Å². The molecule has 9 nitrogen and oxygen atoms in total. The van der Waals surface area contributed by atoms with E-state index in [4.69, 9.17) is 11.5 Å². The number of hydrogen-bond donors (Lipinski definition) is 4. The van der Waals surface area contributed by atoms with E-state index in [0.29, 0.717) is 29.6 Å². The number of benzene rings is 1. The highest BCUT2D eigenvalue weighted by Crippen LogP contribution is 2.33. The number of primary amides is 1. The lowest BCUT2D eigenvalue weighted by atomic mass is 9.87. The van der Waals surface area contributed by atoms with Gasteiger partial charge in [0.05, 0.1) is 23.3 Å². The van der Waals surface area contributed by atoms with Gasteiger partial charge in [0, 0.05) is 30.5 Å². The van der Waals surface area contributed by atoms with E-state index in [1.54, 1.807) is 30.6 Å². The minimum Gasteiger partial charge on any atom is -0.364 e. The standard InChI is InChI=1S/C19H20F2N8O/c20-19(21)5-1-2-12(16(19)22)28-14-9-26-15(17(23)30)18(29-14)27-10-3-4-11-13(8-10)25-7-6-24-11/h3-4,6-9,12,16H,1-2,5,22H2,(H2,23,30)(H2,27,28,29). The molecule has 30 heavy (non-hydrogen) atoms. The molecule has 0 aliphatic heterocycles. The molecule has 6 N–H and O–H groups in total. The zero-order valence-corrected chi connectivity index (χ0v) is 15.8. The van der Waals surface area contributed by atoms with Gasteiger partial charge in [-0.05, 0) is 31.0 Å². The maximum Gasteiger partial charge on any atom is 0.271 e. The smallest absolute Gasteiger partial charge is 0.271 e. The highest BCUT2D eigenvalue weighted by atomic mass is 19.3. The molecule has 0 spiro atoms. The number of anilines is 3. The normalized spacial score (nSPS) is 20.6. The third-order valence-electron chi connectivity index (χ3n) is 5.02. The maximum atomic E-state index is 13.9. The Morgan fingerprint density at radius 3 is 2.70 bits per heavy atom. The highest BCUT2D eigenvalue weighted by Gasteiger charge is 2.44. The summed E-state index contributed by atoms with van der Waals surface area (Å²) in [5.74, 6) is -3.44. The fourth-order valence-corrected chi connectivity index (χ4v) is 3.45. The second kappa shape index (κ2) is 7.75. The predicted molar refractivity (Wildman–Crippen MR) is 108 cm³/mol. The molecule has 1 saturated carbocycles. The van der Waals surface area contributed by atoms with Gasteiger partial charge in [-0.15, -0.1) is 0 Å².